The van der Waals surface area contributed by atoms with Gasteiger partial charge in [-0.1, -0.05) is 55.4 Å². The number of nitrogens with one attached hydrogen (secondary N) is 2. The Hall–Kier alpha value is -1.70. The standard InChI is InChI=1S/C11H18N2O2S.C9H16O2.C7H14O/c1-6(2)8(14)3-4-9-10-7(5-16-9)12-11(15)13-10;1-4-5-8(10)6-9(11)7(2)3;1-4-5-7(8)6(2)3/h6-7,9-10H,3-5H2,1-2H3,(H2,12,13,15);7H,4-6H2,1-3H3;6H,4-5H2,1-3H3/t7-,9-,10-;;/m0../s1. The van der Waals surface area contributed by atoms with Gasteiger partial charge in [-0.15, -0.1) is 0 Å². The molecule has 7 nitrogen and oxygen atoms in total. The first-order chi connectivity index (χ1) is 16.3. The van der Waals surface area contributed by atoms with E-state index in [2.05, 4.69) is 10.6 Å². The quantitative estimate of drug-likeness (QED) is 0.277. The summed E-state index contributed by atoms with van der Waals surface area (Å²) in [7, 11) is 0. The van der Waals surface area contributed by atoms with Crippen LogP contribution in [0.2, 0.25) is 0 Å². The molecule has 0 aromatic rings. The number of carbonyl (C=O) groups is 5. The average molecular weight is 513 g/mol. The van der Waals surface area contributed by atoms with E-state index in [0.29, 0.717) is 29.7 Å². The lowest BCUT2D eigenvalue weighted by molar-refractivity contribution is -0.129. The molecule has 0 spiro atoms. The van der Waals surface area contributed by atoms with Crippen molar-refractivity contribution in [1.29, 1.82) is 0 Å². The first-order valence-corrected chi connectivity index (χ1v) is 14.2. The molecular weight excluding hydrogens is 464 g/mol. The highest BCUT2D eigenvalue weighted by Crippen LogP contribution is 2.33. The van der Waals surface area contributed by atoms with Gasteiger partial charge < -0.3 is 10.6 Å². The van der Waals surface area contributed by atoms with Gasteiger partial charge in [-0.05, 0) is 19.3 Å². The van der Waals surface area contributed by atoms with Crippen LogP contribution < -0.4 is 10.6 Å². The van der Waals surface area contributed by atoms with E-state index < -0.39 is 0 Å². The Bertz CT molecular complexity index is 706. The summed E-state index contributed by atoms with van der Waals surface area (Å²) in [6.07, 6.45) is 4.75. The van der Waals surface area contributed by atoms with Crippen LogP contribution in [0.5, 0.6) is 0 Å². The van der Waals surface area contributed by atoms with Gasteiger partial charge in [0.05, 0.1) is 18.5 Å². The summed E-state index contributed by atoms with van der Waals surface area (Å²) < 4.78 is 0. The maximum absolute atomic E-state index is 11.5. The number of thioether (sulfide) groups is 1. The van der Waals surface area contributed by atoms with Crippen LogP contribution in [0.1, 0.15) is 100 Å². The van der Waals surface area contributed by atoms with E-state index in [1.54, 1.807) is 0 Å². The molecular formula is C27H48N2O5S. The van der Waals surface area contributed by atoms with Crippen LogP contribution in [0.25, 0.3) is 0 Å². The zero-order valence-corrected chi connectivity index (χ0v) is 23.9. The maximum atomic E-state index is 11.5. The normalized spacial score (nSPS) is 20.3. The molecule has 0 saturated carbocycles. The highest BCUT2D eigenvalue weighted by molar-refractivity contribution is 8.00. The van der Waals surface area contributed by atoms with Crippen LogP contribution in [-0.2, 0) is 19.2 Å². The molecule has 2 heterocycles. The van der Waals surface area contributed by atoms with Crippen molar-refractivity contribution in [1.82, 2.24) is 10.6 Å². The second-order valence-corrected chi connectivity index (χ2v) is 11.5. The lowest BCUT2D eigenvalue weighted by atomic mass is 9.99. The molecule has 2 amide bonds. The summed E-state index contributed by atoms with van der Waals surface area (Å²) in [6, 6.07) is 0.421. The lowest BCUT2D eigenvalue weighted by Crippen LogP contribution is -2.37. The minimum atomic E-state index is -0.0597. The Labute approximate surface area is 216 Å². The van der Waals surface area contributed by atoms with Gasteiger partial charge in [-0.25, -0.2) is 4.79 Å². The van der Waals surface area contributed by atoms with Gasteiger partial charge >= 0.3 is 6.03 Å². The molecule has 2 saturated heterocycles. The number of hydrogen-bond acceptors (Lipinski definition) is 6. The Morgan fingerprint density at radius 2 is 1.31 bits per heavy atom. The fraction of sp³-hybridized carbons (Fsp3) is 0.815. The third-order valence-corrected chi connectivity index (χ3v) is 7.45. The summed E-state index contributed by atoms with van der Waals surface area (Å²) in [5, 5.41) is 6.23. The smallest absolute Gasteiger partial charge is 0.315 e. The van der Waals surface area contributed by atoms with Crippen molar-refractivity contribution in [2.24, 2.45) is 17.8 Å². The number of ketones is 4. The molecule has 2 aliphatic heterocycles. The highest BCUT2D eigenvalue weighted by atomic mass is 32.2. The zero-order chi connectivity index (χ0) is 27.1. The van der Waals surface area contributed by atoms with Gasteiger partial charge in [0.15, 0.2) is 0 Å². The molecule has 2 N–H and O–H groups in total. The fourth-order valence-electron chi connectivity index (χ4n) is 3.52. The number of rotatable bonds is 12. The van der Waals surface area contributed by atoms with Crippen molar-refractivity contribution in [3.63, 3.8) is 0 Å². The Balaban J connectivity index is 0.000000534. The Kier molecular flexibility index (Phi) is 16.8. The minimum absolute atomic E-state index is 0.00388. The van der Waals surface area contributed by atoms with Crippen molar-refractivity contribution in [2.75, 3.05) is 5.75 Å². The monoisotopic (exact) mass is 512 g/mol. The average Bonchev–Trinajstić information content (AvgIpc) is 3.32. The molecule has 8 heteroatoms. The molecule has 0 aromatic heterocycles. The number of hydrogen-bond donors (Lipinski definition) is 2. The van der Waals surface area contributed by atoms with E-state index in [1.807, 2.05) is 67.2 Å². The molecule has 2 fully saturated rings. The summed E-state index contributed by atoms with van der Waals surface area (Å²) in [6.45, 7) is 15.4. The third-order valence-electron chi connectivity index (χ3n) is 5.94. The van der Waals surface area contributed by atoms with Crippen molar-refractivity contribution in [3.8, 4) is 0 Å². The second kappa shape index (κ2) is 17.7. The molecule has 0 bridgehead atoms. The van der Waals surface area contributed by atoms with Crippen LogP contribution in [0, 0.1) is 17.8 Å². The minimum Gasteiger partial charge on any atom is -0.332 e. The molecule has 202 valence electrons. The summed E-state index contributed by atoms with van der Waals surface area (Å²) in [5.74, 6) is 2.15. The van der Waals surface area contributed by atoms with Crippen molar-refractivity contribution in [3.05, 3.63) is 0 Å². The molecule has 0 unspecified atom stereocenters. The highest BCUT2D eigenvalue weighted by Gasteiger charge is 2.42. The van der Waals surface area contributed by atoms with Crippen LogP contribution >= 0.6 is 11.8 Å². The molecule has 3 atom stereocenters. The van der Waals surface area contributed by atoms with Crippen LogP contribution in [0.3, 0.4) is 0 Å². The maximum Gasteiger partial charge on any atom is 0.315 e. The van der Waals surface area contributed by atoms with E-state index in [1.165, 1.54) is 0 Å². The fourth-order valence-corrected chi connectivity index (χ4v) is 5.01. The predicted molar refractivity (Wildman–Crippen MR) is 144 cm³/mol. The number of carbonyl (C=O) groups excluding carboxylic acids is 5. The lowest BCUT2D eigenvalue weighted by Gasteiger charge is -2.16. The predicted octanol–water partition coefficient (Wildman–Crippen LogP) is 5.14. The van der Waals surface area contributed by atoms with E-state index in [4.69, 9.17) is 0 Å². The molecule has 2 rings (SSSR count). The first-order valence-electron chi connectivity index (χ1n) is 13.1. The molecule has 0 aliphatic carbocycles. The summed E-state index contributed by atoms with van der Waals surface area (Å²) >= 11 is 1.86. The van der Waals surface area contributed by atoms with Gasteiger partial charge in [0.1, 0.15) is 23.1 Å². The molecule has 2 aliphatic rings. The zero-order valence-electron chi connectivity index (χ0n) is 23.1. The van der Waals surface area contributed by atoms with E-state index in [0.717, 1.165) is 31.4 Å². The topological polar surface area (TPSA) is 109 Å². The van der Waals surface area contributed by atoms with E-state index >= 15 is 0 Å². The van der Waals surface area contributed by atoms with Crippen LogP contribution in [0.15, 0.2) is 0 Å². The number of fused-ring (bicyclic) bond motifs is 1. The van der Waals surface area contributed by atoms with Gasteiger partial charge in [0.2, 0.25) is 0 Å². The third kappa shape index (κ3) is 13.8. The largest absolute Gasteiger partial charge is 0.332 e. The van der Waals surface area contributed by atoms with E-state index in [-0.39, 0.29) is 53.9 Å². The number of Topliss-reactive ketones (excluding diaryl/α,β-unsaturated/α-hetero) is 4. The molecule has 0 aromatic carbocycles. The van der Waals surface area contributed by atoms with Crippen LogP contribution in [0.4, 0.5) is 4.79 Å². The van der Waals surface area contributed by atoms with Crippen molar-refractivity contribution >= 4 is 40.9 Å². The van der Waals surface area contributed by atoms with E-state index in [9.17, 15) is 24.0 Å². The summed E-state index contributed by atoms with van der Waals surface area (Å²) in [4.78, 5) is 55.4. The molecule has 35 heavy (non-hydrogen) atoms. The Morgan fingerprint density at radius 1 is 0.800 bits per heavy atom. The van der Waals surface area contributed by atoms with Crippen molar-refractivity contribution < 1.29 is 24.0 Å². The van der Waals surface area contributed by atoms with Gasteiger partial charge in [0.25, 0.3) is 0 Å². The first kappa shape index (κ1) is 33.3. The molecule has 0 radical (unpaired) electrons. The van der Waals surface area contributed by atoms with Crippen LogP contribution in [-0.4, -0.2) is 52.3 Å². The number of amides is 2. The second-order valence-electron chi connectivity index (χ2n) is 10.2. The SMILES string of the molecule is CC(C)C(=O)CC[C@@H]1SC[C@@H]2NC(=O)N[C@@H]21.CCCC(=O)C(C)C.CCCC(=O)CC(=O)C(C)C. The summed E-state index contributed by atoms with van der Waals surface area (Å²) in [5.41, 5.74) is 0. The van der Waals surface area contributed by atoms with Gasteiger partial charge in [0, 0.05) is 48.0 Å². The Morgan fingerprint density at radius 3 is 1.77 bits per heavy atom. The van der Waals surface area contributed by atoms with Gasteiger partial charge in [-0.3, -0.25) is 19.2 Å². The van der Waals surface area contributed by atoms with Crippen molar-refractivity contribution in [2.45, 2.75) is 118 Å². The van der Waals surface area contributed by atoms with Gasteiger partial charge in [-0.2, -0.15) is 11.8 Å². The number of urea groups is 1.